The monoisotopic (exact) mass is 479 g/mol. The van der Waals surface area contributed by atoms with E-state index in [0.29, 0.717) is 34.7 Å². The molecule has 0 aliphatic carbocycles. The fraction of sp³-hybridized carbons (Fsp3) is 0.208. The number of hydrogen-bond acceptors (Lipinski definition) is 7. The Morgan fingerprint density at radius 3 is 2.82 bits per heavy atom. The summed E-state index contributed by atoms with van der Waals surface area (Å²) in [4.78, 5) is 12.4. The number of aryl methyl sites for hydroxylation is 1. The van der Waals surface area contributed by atoms with Crippen molar-refractivity contribution in [3.8, 4) is 23.4 Å². The third-order valence-corrected chi connectivity index (χ3v) is 5.57. The van der Waals surface area contributed by atoms with Gasteiger partial charge in [0.1, 0.15) is 11.6 Å². The van der Waals surface area contributed by atoms with Crippen LogP contribution in [-0.2, 0) is 4.79 Å². The molecule has 10 heteroatoms. The molecule has 1 aliphatic rings. The summed E-state index contributed by atoms with van der Waals surface area (Å²) in [7, 11) is 0. The quantitative estimate of drug-likeness (QED) is 0.466. The first-order valence-electron chi connectivity index (χ1n) is 10.5. The molecule has 34 heavy (non-hydrogen) atoms. The molecule has 0 fully saturated rings. The number of anilines is 1. The molecule has 1 aliphatic heterocycles. The number of rotatable bonds is 7. The van der Waals surface area contributed by atoms with E-state index in [1.54, 1.807) is 42.5 Å². The number of hydrogen-bond donors (Lipinski definition) is 3. The highest BCUT2D eigenvalue weighted by atomic mass is 35.5. The Kier molecular flexibility index (Phi) is 6.61. The largest absolute Gasteiger partial charge is 0.490 e. The molecular formula is C24H22ClN5O4. The van der Waals surface area contributed by atoms with Crippen molar-refractivity contribution in [1.82, 2.24) is 10.2 Å². The van der Waals surface area contributed by atoms with Crippen LogP contribution in [0, 0.1) is 18.3 Å². The number of para-hydroxylation sites is 1. The number of nitriles is 1. The number of carbonyl (C=O) groups excluding carboxylic acids is 1. The summed E-state index contributed by atoms with van der Waals surface area (Å²) in [6.07, 6.45) is 0. The molecule has 0 spiro atoms. The first kappa shape index (κ1) is 23.0. The standard InChI is InChI=1S/C24H22ClN5O4/c1-3-32-19-10-14(22-15(11-26)23(27)34-24-21(22)13(2)29-30-24)8-9-18(19)33-12-20(31)28-17-7-5-4-6-16(17)25/h4-10,22H,3,12,27H2,1-2H3,(H,28,31)(H,29,30). The Morgan fingerprint density at radius 1 is 1.29 bits per heavy atom. The molecule has 0 radical (unpaired) electrons. The zero-order chi connectivity index (χ0) is 24.2. The molecule has 9 nitrogen and oxygen atoms in total. The minimum Gasteiger partial charge on any atom is -0.490 e. The smallest absolute Gasteiger partial charge is 0.262 e. The molecule has 4 rings (SSSR count). The third kappa shape index (κ3) is 4.49. The van der Waals surface area contributed by atoms with Gasteiger partial charge in [-0.15, -0.1) is 5.10 Å². The number of amides is 1. The Labute approximate surface area is 201 Å². The summed E-state index contributed by atoms with van der Waals surface area (Å²) in [5.74, 6) is 0.270. The van der Waals surface area contributed by atoms with Gasteiger partial charge in [-0.3, -0.25) is 9.89 Å². The van der Waals surface area contributed by atoms with Crippen molar-refractivity contribution in [2.75, 3.05) is 18.5 Å². The van der Waals surface area contributed by atoms with Gasteiger partial charge in [-0.05, 0) is 43.7 Å². The van der Waals surface area contributed by atoms with Crippen LogP contribution in [0.1, 0.15) is 29.7 Å². The summed E-state index contributed by atoms with van der Waals surface area (Å²) in [6.45, 7) is 3.81. The van der Waals surface area contributed by atoms with Crippen molar-refractivity contribution >= 4 is 23.2 Å². The van der Waals surface area contributed by atoms with E-state index in [9.17, 15) is 10.1 Å². The van der Waals surface area contributed by atoms with Crippen molar-refractivity contribution in [2.45, 2.75) is 19.8 Å². The van der Waals surface area contributed by atoms with Crippen LogP contribution < -0.4 is 25.3 Å². The highest BCUT2D eigenvalue weighted by molar-refractivity contribution is 6.33. The number of halogens is 1. The summed E-state index contributed by atoms with van der Waals surface area (Å²) in [6, 6.07) is 14.3. The molecule has 4 N–H and O–H groups in total. The van der Waals surface area contributed by atoms with Crippen LogP contribution in [0.25, 0.3) is 0 Å². The number of ether oxygens (including phenoxy) is 3. The Balaban J connectivity index is 1.60. The van der Waals surface area contributed by atoms with E-state index >= 15 is 0 Å². The number of nitrogens with one attached hydrogen (secondary N) is 2. The number of carbonyl (C=O) groups is 1. The van der Waals surface area contributed by atoms with Gasteiger partial charge in [-0.1, -0.05) is 29.8 Å². The van der Waals surface area contributed by atoms with Gasteiger partial charge in [0.2, 0.25) is 11.8 Å². The zero-order valence-corrected chi connectivity index (χ0v) is 19.3. The van der Waals surface area contributed by atoms with Gasteiger partial charge >= 0.3 is 0 Å². The minimum absolute atomic E-state index is 0.000954. The number of allylic oxidation sites excluding steroid dienone is 1. The summed E-state index contributed by atoms with van der Waals surface area (Å²) in [5, 5.41) is 19.9. The number of nitrogens with two attached hydrogens (primary N) is 1. The molecule has 174 valence electrons. The Morgan fingerprint density at radius 2 is 2.09 bits per heavy atom. The number of aromatic nitrogens is 2. The third-order valence-electron chi connectivity index (χ3n) is 5.24. The van der Waals surface area contributed by atoms with E-state index < -0.39 is 5.92 Å². The molecule has 2 aromatic carbocycles. The fourth-order valence-corrected chi connectivity index (χ4v) is 3.90. The molecule has 1 unspecified atom stereocenters. The molecular weight excluding hydrogens is 458 g/mol. The van der Waals surface area contributed by atoms with E-state index in [2.05, 4.69) is 21.6 Å². The highest BCUT2D eigenvalue weighted by Gasteiger charge is 2.34. The number of nitrogens with zero attached hydrogens (tertiary/aromatic N) is 2. The van der Waals surface area contributed by atoms with E-state index in [1.807, 2.05) is 13.8 Å². The molecule has 2 heterocycles. The molecule has 0 saturated heterocycles. The van der Waals surface area contributed by atoms with Crippen molar-refractivity contribution in [2.24, 2.45) is 5.73 Å². The lowest BCUT2D eigenvalue weighted by Crippen LogP contribution is -2.21. The minimum atomic E-state index is -0.496. The van der Waals surface area contributed by atoms with Gasteiger partial charge in [0.05, 0.1) is 23.2 Å². The van der Waals surface area contributed by atoms with E-state index in [0.717, 1.165) is 16.8 Å². The summed E-state index contributed by atoms with van der Waals surface area (Å²) in [5.41, 5.74) is 8.99. The molecule has 1 atom stereocenters. The number of H-pyrrole nitrogens is 1. The highest BCUT2D eigenvalue weighted by Crippen LogP contribution is 2.44. The van der Waals surface area contributed by atoms with Crippen molar-refractivity contribution in [3.05, 3.63) is 75.8 Å². The van der Waals surface area contributed by atoms with Gasteiger partial charge in [-0.25, -0.2) is 0 Å². The average Bonchev–Trinajstić information content (AvgIpc) is 3.19. The maximum Gasteiger partial charge on any atom is 0.262 e. The lowest BCUT2D eigenvalue weighted by Gasteiger charge is -2.24. The van der Waals surface area contributed by atoms with Crippen LogP contribution in [0.5, 0.6) is 17.4 Å². The summed E-state index contributed by atoms with van der Waals surface area (Å²) >= 11 is 6.09. The first-order valence-corrected chi connectivity index (χ1v) is 10.9. The van der Waals surface area contributed by atoms with Gasteiger partial charge in [0.15, 0.2) is 18.1 Å². The second-order valence-corrected chi connectivity index (χ2v) is 7.86. The second kappa shape index (κ2) is 9.77. The van der Waals surface area contributed by atoms with Gasteiger partial charge in [0.25, 0.3) is 5.91 Å². The lowest BCUT2D eigenvalue weighted by molar-refractivity contribution is -0.118. The van der Waals surface area contributed by atoms with Crippen LogP contribution in [0.3, 0.4) is 0 Å². The molecule has 0 bridgehead atoms. The maximum atomic E-state index is 12.4. The van der Waals surface area contributed by atoms with Crippen molar-refractivity contribution in [3.63, 3.8) is 0 Å². The zero-order valence-electron chi connectivity index (χ0n) is 18.5. The molecule has 3 aromatic rings. The van der Waals surface area contributed by atoms with E-state index in [-0.39, 0.29) is 24.0 Å². The predicted molar refractivity (Wildman–Crippen MR) is 126 cm³/mol. The molecule has 1 amide bonds. The fourth-order valence-electron chi connectivity index (χ4n) is 3.72. The number of fused-ring (bicyclic) bond motifs is 1. The van der Waals surface area contributed by atoms with Crippen molar-refractivity contribution in [1.29, 1.82) is 5.26 Å². The average molecular weight is 480 g/mol. The van der Waals surface area contributed by atoms with E-state index in [4.69, 9.17) is 31.5 Å². The van der Waals surface area contributed by atoms with Crippen LogP contribution in [-0.4, -0.2) is 29.3 Å². The van der Waals surface area contributed by atoms with Crippen molar-refractivity contribution < 1.29 is 19.0 Å². The Bertz CT molecular complexity index is 1310. The molecule has 0 saturated carbocycles. The predicted octanol–water partition coefficient (Wildman–Crippen LogP) is 4.01. The van der Waals surface area contributed by atoms with E-state index in [1.165, 1.54) is 0 Å². The second-order valence-electron chi connectivity index (χ2n) is 7.45. The molecule has 1 aromatic heterocycles. The first-order chi connectivity index (χ1) is 16.4. The topological polar surface area (TPSA) is 135 Å². The maximum absolute atomic E-state index is 12.4. The normalized spacial score (nSPS) is 14.6. The number of benzene rings is 2. The Hall–Kier alpha value is -4.16. The SMILES string of the molecule is CCOc1cc(C2C(C#N)=C(N)Oc3n[nH]c(C)c32)ccc1OCC(=O)Nc1ccccc1Cl. The number of aromatic amines is 1. The van der Waals surface area contributed by atoms with Crippen LogP contribution in [0.4, 0.5) is 5.69 Å². The van der Waals surface area contributed by atoms with Crippen LogP contribution in [0.2, 0.25) is 5.02 Å². The van der Waals surface area contributed by atoms with Gasteiger partial charge in [-0.2, -0.15) is 5.26 Å². The summed E-state index contributed by atoms with van der Waals surface area (Å²) < 4.78 is 17.0. The van der Waals surface area contributed by atoms with Crippen LogP contribution >= 0.6 is 11.6 Å². The van der Waals surface area contributed by atoms with Gasteiger partial charge < -0.3 is 25.3 Å². The van der Waals surface area contributed by atoms with Gasteiger partial charge in [0, 0.05) is 11.3 Å². The lowest BCUT2D eigenvalue weighted by atomic mass is 9.84. The van der Waals surface area contributed by atoms with Crippen LogP contribution in [0.15, 0.2) is 53.9 Å².